The van der Waals surface area contributed by atoms with Crippen molar-refractivity contribution < 1.29 is 9.53 Å². The number of nitrogens with two attached hydrogens (primary N) is 1. The summed E-state index contributed by atoms with van der Waals surface area (Å²) in [7, 11) is 1.73. The first-order chi connectivity index (χ1) is 8.17. The van der Waals surface area contributed by atoms with Crippen molar-refractivity contribution >= 4 is 6.41 Å². The zero-order valence-electron chi connectivity index (χ0n) is 10.6. The van der Waals surface area contributed by atoms with E-state index in [0.29, 0.717) is 0 Å². The number of allylic oxidation sites excluding steroid dienone is 3. The Morgan fingerprint density at radius 1 is 1.47 bits per heavy atom. The van der Waals surface area contributed by atoms with E-state index in [1.54, 1.807) is 30.4 Å². The van der Waals surface area contributed by atoms with Crippen LogP contribution >= 0.6 is 0 Å². The Kier molecular flexibility index (Phi) is 5.77. The minimum Gasteiger partial charge on any atom is -0.402 e. The predicted octanol–water partition coefficient (Wildman–Crippen LogP) is 1.78. The van der Waals surface area contributed by atoms with Gasteiger partial charge < -0.3 is 15.4 Å². The average molecular weight is 238 g/mol. The van der Waals surface area contributed by atoms with Crippen LogP contribution in [0.3, 0.4) is 0 Å². The lowest BCUT2D eigenvalue weighted by molar-refractivity contribution is -0.118. The molecule has 0 spiro atoms. The average Bonchev–Trinajstić information content (AvgIpc) is 2.34. The summed E-state index contributed by atoms with van der Waals surface area (Å²) in [6, 6.07) is 0.244. The highest BCUT2D eigenvalue weighted by molar-refractivity contribution is 5.50. The van der Waals surface area contributed by atoms with E-state index in [9.17, 15) is 4.79 Å². The van der Waals surface area contributed by atoms with Crippen LogP contribution in [0.1, 0.15) is 32.6 Å². The Hall–Kier alpha value is -1.29. The van der Waals surface area contributed by atoms with E-state index < -0.39 is 0 Å². The molecule has 0 radical (unpaired) electrons. The second-order valence-electron chi connectivity index (χ2n) is 4.48. The molecule has 1 aliphatic rings. The lowest BCUT2D eigenvalue weighted by Crippen LogP contribution is -2.36. The highest BCUT2D eigenvalue weighted by atomic mass is 16.5. The Bertz CT molecular complexity index is 296. The van der Waals surface area contributed by atoms with Crippen molar-refractivity contribution in [1.82, 2.24) is 4.90 Å². The van der Waals surface area contributed by atoms with Crippen LogP contribution in [0, 0.1) is 0 Å². The van der Waals surface area contributed by atoms with Crippen molar-refractivity contribution in [2.45, 2.75) is 44.8 Å². The van der Waals surface area contributed by atoms with Crippen LogP contribution in [0.4, 0.5) is 0 Å². The molecule has 0 aromatic heterocycles. The standard InChI is InChI=1S/C13H22N2O2/c1-11(14)5-4-8-15(10-16)12-6-3-7-13(9-12)17-2/h4-5,8,10,12-13H,3,6-7,9,14H2,1-2H3/b8-4-,11-5+. The maximum atomic E-state index is 11.1. The van der Waals surface area contributed by atoms with Crippen LogP contribution in [0.25, 0.3) is 0 Å². The monoisotopic (exact) mass is 238 g/mol. The van der Waals surface area contributed by atoms with Crippen LogP contribution in [-0.4, -0.2) is 30.6 Å². The summed E-state index contributed by atoms with van der Waals surface area (Å²) in [5.74, 6) is 0. The fourth-order valence-corrected chi connectivity index (χ4v) is 2.14. The topological polar surface area (TPSA) is 55.6 Å². The van der Waals surface area contributed by atoms with Gasteiger partial charge in [-0.05, 0) is 44.8 Å². The molecule has 0 bridgehead atoms. The van der Waals surface area contributed by atoms with Gasteiger partial charge in [-0.2, -0.15) is 0 Å². The molecule has 17 heavy (non-hydrogen) atoms. The Balaban J connectivity index is 2.57. The summed E-state index contributed by atoms with van der Waals surface area (Å²) < 4.78 is 5.36. The van der Waals surface area contributed by atoms with Crippen LogP contribution in [-0.2, 0) is 9.53 Å². The third-order valence-electron chi connectivity index (χ3n) is 3.09. The van der Waals surface area contributed by atoms with Crippen molar-refractivity contribution in [1.29, 1.82) is 0 Å². The molecule has 2 atom stereocenters. The van der Waals surface area contributed by atoms with E-state index >= 15 is 0 Å². The fraction of sp³-hybridized carbons (Fsp3) is 0.615. The van der Waals surface area contributed by atoms with E-state index in [0.717, 1.165) is 37.8 Å². The van der Waals surface area contributed by atoms with E-state index in [2.05, 4.69) is 0 Å². The zero-order valence-corrected chi connectivity index (χ0v) is 10.6. The van der Waals surface area contributed by atoms with Gasteiger partial charge in [-0.25, -0.2) is 0 Å². The Morgan fingerprint density at radius 2 is 2.24 bits per heavy atom. The van der Waals surface area contributed by atoms with E-state index in [4.69, 9.17) is 10.5 Å². The zero-order chi connectivity index (χ0) is 12.7. The van der Waals surface area contributed by atoms with E-state index in [1.807, 2.05) is 6.92 Å². The third-order valence-corrected chi connectivity index (χ3v) is 3.09. The minimum absolute atomic E-state index is 0.244. The van der Waals surface area contributed by atoms with Crippen LogP contribution < -0.4 is 5.73 Å². The van der Waals surface area contributed by atoms with Gasteiger partial charge in [0.05, 0.1) is 6.10 Å². The van der Waals surface area contributed by atoms with Gasteiger partial charge in [0.15, 0.2) is 0 Å². The fourth-order valence-electron chi connectivity index (χ4n) is 2.14. The SMILES string of the molecule is COC1CCCC(N(C=O)/C=C\C=C(/C)N)C1. The molecule has 96 valence electrons. The molecular formula is C13H22N2O2. The minimum atomic E-state index is 0.244. The van der Waals surface area contributed by atoms with E-state index in [-0.39, 0.29) is 12.1 Å². The predicted molar refractivity (Wildman–Crippen MR) is 68.0 cm³/mol. The third kappa shape index (κ3) is 4.61. The van der Waals surface area contributed by atoms with Crippen molar-refractivity contribution in [2.24, 2.45) is 5.73 Å². The van der Waals surface area contributed by atoms with Gasteiger partial charge in [0, 0.05) is 25.0 Å². The second-order valence-corrected chi connectivity index (χ2v) is 4.48. The molecule has 1 fully saturated rings. The first-order valence-corrected chi connectivity index (χ1v) is 6.03. The van der Waals surface area contributed by atoms with Crippen molar-refractivity contribution in [3.05, 3.63) is 24.0 Å². The summed E-state index contributed by atoms with van der Waals surface area (Å²) in [5.41, 5.74) is 6.25. The maximum absolute atomic E-state index is 11.1. The molecule has 0 aliphatic heterocycles. The number of nitrogens with zero attached hydrogens (tertiary/aromatic N) is 1. The highest BCUT2D eigenvalue weighted by Gasteiger charge is 2.24. The number of rotatable bonds is 5. The molecule has 1 amide bonds. The highest BCUT2D eigenvalue weighted by Crippen LogP contribution is 2.24. The Labute approximate surface area is 103 Å². The van der Waals surface area contributed by atoms with Crippen molar-refractivity contribution in [3.8, 4) is 0 Å². The van der Waals surface area contributed by atoms with Gasteiger partial charge in [0.2, 0.25) is 6.41 Å². The molecule has 1 aliphatic carbocycles. The van der Waals surface area contributed by atoms with Gasteiger partial charge in [0.25, 0.3) is 0 Å². The van der Waals surface area contributed by atoms with Crippen LogP contribution in [0.15, 0.2) is 24.0 Å². The summed E-state index contributed by atoms with van der Waals surface area (Å²) in [4.78, 5) is 12.8. The normalized spacial score (nSPS) is 26.1. The van der Waals surface area contributed by atoms with Gasteiger partial charge in [-0.3, -0.25) is 4.79 Å². The summed E-state index contributed by atoms with van der Waals surface area (Å²) >= 11 is 0. The number of hydrogen-bond donors (Lipinski definition) is 1. The summed E-state index contributed by atoms with van der Waals surface area (Å²) in [6.45, 7) is 1.82. The summed E-state index contributed by atoms with van der Waals surface area (Å²) in [5, 5.41) is 0. The van der Waals surface area contributed by atoms with Crippen LogP contribution in [0.2, 0.25) is 0 Å². The first-order valence-electron chi connectivity index (χ1n) is 6.03. The first kappa shape index (κ1) is 13.8. The second kappa shape index (κ2) is 7.12. The molecule has 1 saturated carbocycles. The molecule has 0 heterocycles. The number of ether oxygens (including phenoxy) is 1. The molecule has 2 unspecified atom stereocenters. The number of carbonyl (C=O) groups is 1. The quantitative estimate of drug-likeness (QED) is 0.586. The van der Waals surface area contributed by atoms with Crippen molar-refractivity contribution in [2.75, 3.05) is 7.11 Å². The molecule has 2 N–H and O–H groups in total. The Morgan fingerprint density at radius 3 is 2.82 bits per heavy atom. The van der Waals surface area contributed by atoms with Gasteiger partial charge in [-0.15, -0.1) is 0 Å². The molecule has 0 aromatic rings. The number of methoxy groups -OCH3 is 1. The van der Waals surface area contributed by atoms with Gasteiger partial charge >= 0.3 is 0 Å². The van der Waals surface area contributed by atoms with Crippen LogP contribution in [0.5, 0.6) is 0 Å². The summed E-state index contributed by atoms with van der Waals surface area (Å²) in [6.07, 6.45) is 10.7. The maximum Gasteiger partial charge on any atom is 0.213 e. The van der Waals surface area contributed by atoms with Crippen molar-refractivity contribution in [3.63, 3.8) is 0 Å². The lowest BCUT2D eigenvalue weighted by Gasteiger charge is -2.32. The lowest BCUT2D eigenvalue weighted by atomic mass is 9.92. The van der Waals surface area contributed by atoms with E-state index in [1.165, 1.54) is 0 Å². The smallest absolute Gasteiger partial charge is 0.213 e. The molecule has 0 saturated heterocycles. The van der Waals surface area contributed by atoms with Gasteiger partial charge in [-0.1, -0.05) is 0 Å². The number of amides is 1. The molecule has 4 heteroatoms. The molecule has 1 rings (SSSR count). The number of carbonyl (C=O) groups excluding carboxylic acids is 1. The molecule has 4 nitrogen and oxygen atoms in total. The molecular weight excluding hydrogens is 216 g/mol. The largest absolute Gasteiger partial charge is 0.402 e. The molecule has 0 aromatic carbocycles. The van der Waals surface area contributed by atoms with Gasteiger partial charge in [0.1, 0.15) is 0 Å². The number of hydrogen-bond acceptors (Lipinski definition) is 3.